The SMILES string of the molecule is CCCCCCCCCCCCCCCCCC(=O)O[C@](CO)(C(CCCCCCCCCCCCCCCC)C(=O)O)[C@H]1OC[C@H](O)[C@H]1O. The van der Waals surface area contributed by atoms with Crippen LogP contribution >= 0.6 is 0 Å². The molecule has 1 aliphatic rings. The van der Waals surface area contributed by atoms with E-state index in [0.29, 0.717) is 12.8 Å². The molecule has 1 aliphatic heterocycles. The van der Waals surface area contributed by atoms with Crippen LogP contribution in [0.2, 0.25) is 0 Å². The number of aliphatic carboxylic acids is 1. The van der Waals surface area contributed by atoms with Gasteiger partial charge < -0.3 is 29.9 Å². The third-order valence-electron chi connectivity index (χ3n) is 10.9. The van der Waals surface area contributed by atoms with E-state index in [2.05, 4.69) is 13.8 Å². The molecule has 0 radical (unpaired) electrons. The number of carbonyl (C=O) groups is 2. The van der Waals surface area contributed by atoms with Gasteiger partial charge in [-0.2, -0.15) is 0 Å². The van der Waals surface area contributed by atoms with E-state index in [1.54, 1.807) is 0 Å². The minimum Gasteiger partial charge on any atom is -0.481 e. The van der Waals surface area contributed by atoms with Gasteiger partial charge in [0.1, 0.15) is 24.2 Å². The lowest BCUT2D eigenvalue weighted by Crippen LogP contribution is -2.61. The van der Waals surface area contributed by atoms with Crippen molar-refractivity contribution >= 4 is 11.9 Å². The molecule has 0 amide bonds. The van der Waals surface area contributed by atoms with Crippen LogP contribution in [0.4, 0.5) is 0 Å². The summed E-state index contributed by atoms with van der Waals surface area (Å²) in [6, 6.07) is 0. The maximum absolute atomic E-state index is 13.1. The molecule has 0 aromatic carbocycles. The van der Waals surface area contributed by atoms with E-state index in [1.807, 2.05) is 0 Å². The minimum absolute atomic E-state index is 0.108. The fourth-order valence-electron chi connectivity index (χ4n) is 7.61. The summed E-state index contributed by atoms with van der Waals surface area (Å²) >= 11 is 0. The number of unbranched alkanes of at least 4 members (excludes halogenated alkanes) is 27. The lowest BCUT2D eigenvalue weighted by Gasteiger charge is -2.41. The zero-order chi connectivity index (χ0) is 36.7. The van der Waals surface area contributed by atoms with Crippen molar-refractivity contribution in [2.45, 2.75) is 237 Å². The molecular formula is C42H80O8. The standard InChI is InChI=1S/C42H80O8/c1-3-5-7-9-11-13-15-17-19-21-23-25-27-29-31-33-38(45)50-42(35-43,40-39(46)37(44)34-49-40)36(41(47)48)32-30-28-26-24-22-20-18-16-14-12-10-8-6-4-2/h36-37,39-40,43-44,46H,3-35H2,1-2H3,(H,47,48)/t36?,37-,39+,40-,42+/m0/s1. The highest BCUT2D eigenvalue weighted by molar-refractivity contribution is 5.74. The van der Waals surface area contributed by atoms with Gasteiger partial charge in [0.25, 0.3) is 0 Å². The molecule has 0 aromatic rings. The summed E-state index contributed by atoms with van der Waals surface area (Å²) in [7, 11) is 0. The Hall–Kier alpha value is -1.22. The molecule has 0 bridgehead atoms. The van der Waals surface area contributed by atoms with Crippen molar-refractivity contribution < 1.29 is 39.5 Å². The number of esters is 1. The van der Waals surface area contributed by atoms with Crippen LogP contribution in [0.1, 0.15) is 213 Å². The molecule has 1 rings (SSSR count). The summed E-state index contributed by atoms with van der Waals surface area (Å²) in [5.74, 6) is -3.07. The first-order valence-corrected chi connectivity index (χ1v) is 21.4. The Morgan fingerprint density at radius 1 is 0.620 bits per heavy atom. The van der Waals surface area contributed by atoms with Crippen molar-refractivity contribution in [2.24, 2.45) is 5.92 Å². The fraction of sp³-hybridized carbons (Fsp3) is 0.952. The van der Waals surface area contributed by atoms with E-state index in [1.165, 1.54) is 135 Å². The second-order valence-corrected chi connectivity index (χ2v) is 15.4. The molecule has 0 aromatic heterocycles. The van der Waals surface area contributed by atoms with Gasteiger partial charge in [-0.1, -0.05) is 194 Å². The normalized spacial score (nSPS) is 19.4. The molecule has 1 heterocycles. The van der Waals surface area contributed by atoms with E-state index in [0.717, 1.165) is 38.5 Å². The highest BCUT2D eigenvalue weighted by atomic mass is 16.6. The molecule has 50 heavy (non-hydrogen) atoms. The molecule has 1 fully saturated rings. The van der Waals surface area contributed by atoms with Crippen molar-refractivity contribution in [3.63, 3.8) is 0 Å². The fourth-order valence-corrected chi connectivity index (χ4v) is 7.61. The zero-order valence-electron chi connectivity index (χ0n) is 32.6. The zero-order valence-corrected chi connectivity index (χ0v) is 32.6. The summed E-state index contributed by atoms with van der Waals surface area (Å²) in [6.07, 6.45) is 31.0. The second kappa shape index (κ2) is 31.3. The van der Waals surface area contributed by atoms with Gasteiger partial charge >= 0.3 is 11.9 Å². The Balaban J connectivity index is 2.42. The molecule has 8 heteroatoms. The van der Waals surface area contributed by atoms with E-state index in [4.69, 9.17) is 9.47 Å². The molecule has 0 spiro atoms. The summed E-state index contributed by atoms with van der Waals surface area (Å²) in [4.78, 5) is 25.7. The van der Waals surface area contributed by atoms with Crippen molar-refractivity contribution in [3.05, 3.63) is 0 Å². The van der Waals surface area contributed by atoms with Gasteiger partial charge in [-0.25, -0.2) is 0 Å². The number of hydrogen-bond acceptors (Lipinski definition) is 7. The Kier molecular flexibility index (Phi) is 29.3. The van der Waals surface area contributed by atoms with Crippen molar-refractivity contribution in [3.8, 4) is 0 Å². The highest BCUT2D eigenvalue weighted by Crippen LogP contribution is 2.38. The number of aliphatic hydroxyl groups excluding tert-OH is 3. The predicted octanol–water partition coefficient (Wildman–Crippen LogP) is 10.2. The molecule has 1 unspecified atom stereocenters. The lowest BCUT2D eigenvalue weighted by molar-refractivity contribution is -0.212. The number of carboxylic acids is 1. The first-order chi connectivity index (χ1) is 24.3. The highest BCUT2D eigenvalue weighted by Gasteiger charge is 2.58. The molecule has 8 nitrogen and oxygen atoms in total. The summed E-state index contributed by atoms with van der Waals surface area (Å²) in [5.41, 5.74) is -1.97. The summed E-state index contributed by atoms with van der Waals surface area (Å²) < 4.78 is 11.5. The molecule has 0 saturated carbocycles. The molecule has 4 N–H and O–H groups in total. The Labute approximate surface area is 306 Å². The van der Waals surface area contributed by atoms with Crippen molar-refractivity contribution in [1.29, 1.82) is 0 Å². The van der Waals surface area contributed by atoms with Crippen molar-refractivity contribution in [2.75, 3.05) is 13.2 Å². The van der Waals surface area contributed by atoms with Gasteiger partial charge in [0, 0.05) is 6.42 Å². The average Bonchev–Trinajstić information content (AvgIpc) is 3.44. The Morgan fingerprint density at radius 2 is 0.980 bits per heavy atom. The van der Waals surface area contributed by atoms with Gasteiger partial charge in [0.2, 0.25) is 0 Å². The molecule has 5 atom stereocenters. The quantitative estimate of drug-likeness (QED) is 0.0373. The topological polar surface area (TPSA) is 134 Å². The summed E-state index contributed by atoms with van der Waals surface area (Å²) in [6.45, 7) is 3.48. The van der Waals surface area contributed by atoms with Gasteiger partial charge in [-0.15, -0.1) is 0 Å². The minimum atomic E-state index is -1.97. The smallest absolute Gasteiger partial charge is 0.310 e. The number of carboxylic acid groups (broad SMARTS) is 1. The van der Waals surface area contributed by atoms with Crippen LogP contribution in [0.15, 0.2) is 0 Å². The lowest BCUT2D eigenvalue weighted by atomic mass is 9.77. The van der Waals surface area contributed by atoms with Gasteiger partial charge in [-0.05, 0) is 12.8 Å². The third kappa shape index (κ3) is 20.7. The van der Waals surface area contributed by atoms with E-state index < -0.39 is 48.4 Å². The largest absolute Gasteiger partial charge is 0.481 e. The van der Waals surface area contributed by atoms with Crippen LogP contribution in [0, 0.1) is 5.92 Å². The van der Waals surface area contributed by atoms with Crippen LogP contribution in [0.3, 0.4) is 0 Å². The van der Waals surface area contributed by atoms with Crippen LogP contribution in [0.25, 0.3) is 0 Å². The van der Waals surface area contributed by atoms with Gasteiger partial charge in [0.15, 0.2) is 5.60 Å². The van der Waals surface area contributed by atoms with E-state index in [9.17, 15) is 30.0 Å². The third-order valence-corrected chi connectivity index (χ3v) is 10.9. The van der Waals surface area contributed by atoms with Gasteiger partial charge in [-0.3, -0.25) is 9.59 Å². The number of ether oxygens (including phenoxy) is 2. The number of rotatable bonds is 36. The Bertz CT molecular complexity index is 807. The molecule has 1 saturated heterocycles. The van der Waals surface area contributed by atoms with E-state index >= 15 is 0 Å². The van der Waals surface area contributed by atoms with Gasteiger partial charge in [0.05, 0.1) is 13.2 Å². The second-order valence-electron chi connectivity index (χ2n) is 15.4. The Morgan fingerprint density at radius 3 is 1.30 bits per heavy atom. The first-order valence-electron chi connectivity index (χ1n) is 21.4. The first kappa shape index (κ1) is 46.8. The van der Waals surface area contributed by atoms with Crippen LogP contribution < -0.4 is 0 Å². The van der Waals surface area contributed by atoms with Crippen LogP contribution in [-0.2, 0) is 19.1 Å². The van der Waals surface area contributed by atoms with Crippen LogP contribution in [0.5, 0.6) is 0 Å². The van der Waals surface area contributed by atoms with Crippen LogP contribution in [-0.4, -0.2) is 69.5 Å². The maximum atomic E-state index is 13.1. The molecule has 0 aliphatic carbocycles. The monoisotopic (exact) mass is 713 g/mol. The molecular weight excluding hydrogens is 632 g/mol. The average molecular weight is 713 g/mol. The number of aliphatic hydroxyl groups is 3. The number of hydrogen-bond donors (Lipinski definition) is 4. The van der Waals surface area contributed by atoms with Crippen molar-refractivity contribution in [1.82, 2.24) is 0 Å². The predicted molar refractivity (Wildman–Crippen MR) is 203 cm³/mol. The summed E-state index contributed by atoms with van der Waals surface area (Å²) in [5, 5.41) is 41.8. The number of carbonyl (C=O) groups excluding carboxylic acids is 1. The van der Waals surface area contributed by atoms with E-state index in [-0.39, 0.29) is 19.4 Å². The molecule has 296 valence electrons. The maximum Gasteiger partial charge on any atom is 0.310 e.